The van der Waals surface area contributed by atoms with E-state index in [1.807, 2.05) is 12.1 Å². The average molecular weight is 714 g/mol. The summed E-state index contributed by atoms with van der Waals surface area (Å²) >= 11 is 0. The maximum atomic E-state index is 6.15. The van der Waals surface area contributed by atoms with E-state index in [1.54, 1.807) is 0 Å². The van der Waals surface area contributed by atoms with Crippen LogP contribution < -0.4 is 4.90 Å². The van der Waals surface area contributed by atoms with Crippen molar-refractivity contribution in [1.29, 1.82) is 0 Å². The van der Waals surface area contributed by atoms with Gasteiger partial charge in [-0.05, 0) is 115 Å². The zero-order chi connectivity index (χ0) is 37.0. The summed E-state index contributed by atoms with van der Waals surface area (Å²) in [5.74, 6) is 0. The second-order valence-corrected chi connectivity index (χ2v) is 14.5. The Bertz CT molecular complexity index is 3210. The molecule has 56 heavy (non-hydrogen) atoms. The highest BCUT2D eigenvalue weighted by molar-refractivity contribution is 6.25. The van der Waals surface area contributed by atoms with Crippen molar-refractivity contribution in [3.8, 4) is 33.4 Å². The molecule has 0 unspecified atom stereocenters. The lowest BCUT2D eigenvalue weighted by Crippen LogP contribution is -2.11. The monoisotopic (exact) mass is 713 g/mol. The molecule has 0 N–H and O–H groups in total. The van der Waals surface area contributed by atoms with Gasteiger partial charge in [0, 0.05) is 27.7 Å². The van der Waals surface area contributed by atoms with Crippen molar-refractivity contribution in [3.05, 3.63) is 212 Å². The van der Waals surface area contributed by atoms with E-state index in [4.69, 9.17) is 4.42 Å². The van der Waals surface area contributed by atoms with E-state index in [9.17, 15) is 0 Å². The third kappa shape index (κ3) is 5.34. The van der Waals surface area contributed by atoms with Crippen molar-refractivity contribution < 1.29 is 4.42 Å². The summed E-state index contributed by atoms with van der Waals surface area (Å²) in [6.45, 7) is 0. The van der Waals surface area contributed by atoms with Gasteiger partial charge in [0.05, 0.1) is 5.69 Å². The normalized spacial score (nSPS) is 11.6. The Hall–Kier alpha value is -7.42. The molecule has 262 valence electrons. The number of furan rings is 1. The molecule has 0 atom stereocenters. The summed E-state index contributed by atoms with van der Waals surface area (Å²) < 4.78 is 6.15. The number of nitrogens with zero attached hydrogens (tertiary/aromatic N) is 1. The highest BCUT2D eigenvalue weighted by Gasteiger charge is 2.20. The lowest BCUT2D eigenvalue weighted by Gasteiger charge is -2.28. The molecule has 1 aromatic heterocycles. The van der Waals surface area contributed by atoms with Gasteiger partial charge in [0.2, 0.25) is 0 Å². The van der Waals surface area contributed by atoms with E-state index in [-0.39, 0.29) is 0 Å². The Morgan fingerprint density at radius 3 is 1.55 bits per heavy atom. The largest absolute Gasteiger partial charge is 0.456 e. The van der Waals surface area contributed by atoms with E-state index >= 15 is 0 Å². The SMILES string of the molecule is c1ccc(-c2cccc(-c3ccccc3N(c3ccc(-c4ccc5oc6ccccc6c5c4)cc3)c3ccc4c5ccccc5c5ccccc5c4c3)c2)cc1. The van der Waals surface area contributed by atoms with Gasteiger partial charge in [-0.2, -0.15) is 0 Å². The van der Waals surface area contributed by atoms with Crippen LogP contribution in [0, 0.1) is 0 Å². The maximum absolute atomic E-state index is 6.15. The zero-order valence-corrected chi connectivity index (χ0v) is 30.6. The lowest BCUT2D eigenvalue weighted by molar-refractivity contribution is 0.669. The van der Waals surface area contributed by atoms with Crippen LogP contribution >= 0.6 is 0 Å². The molecule has 0 aliphatic heterocycles. The number of rotatable bonds is 6. The molecular formula is C54H35NO. The predicted octanol–water partition coefficient (Wildman–Crippen LogP) is 15.5. The van der Waals surface area contributed by atoms with Crippen molar-refractivity contribution >= 4 is 71.3 Å². The van der Waals surface area contributed by atoms with Crippen molar-refractivity contribution in [3.63, 3.8) is 0 Å². The third-order valence-corrected chi connectivity index (χ3v) is 11.2. The molecule has 0 saturated heterocycles. The molecule has 0 aliphatic carbocycles. The number of benzene rings is 10. The molecule has 0 saturated carbocycles. The minimum atomic E-state index is 0.905. The van der Waals surface area contributed by atoms with Crippen molar-refractivity contribution in [1.82, 2.24) is 0 Å². The summed E-state index contributed by atoms with van der Waals surface area (Å²) in [5.41, 5.74) is 12.2. The maximum Gasteiger partial charge on any atom is 0.135 e. The van der Waals surface area contributed by atoms with Gasteiger partial charge in [-0.15, -0.1) is 0 Å². The molecule has 0 radical (unpaired) electrons. The number of fused-ring (bicyclic) bond motifs is 9. The molecule has 2 nitrogen and oxygen atoms in total. The van der Waals surface area contributed by atoms with Crippen LogP contribution in [-0.2, 0) is 0 Å². The highest BCUT2D eigenvalue weighted by Crippen LogP contribution is 2.45. The topological polar surface area (TPSA) is 16.4 Å². The van der Waals surface area contributed by atoms with Crippen LogP contribution in [-0.4, -0.2) is 0 Å². The fourth-order valence-corrected chi connectivity index (χ4v) is 8.58. The first-order valence-corrected chi connectivity index (χ1v) is 19.2. The van der Waals surface area contributed by atoms with E-state index in [2.05, 4.69) is 205 Å². The number of para-hydroxylation sites is 2. The summed E-state index contributed by atoms with van der Waals surface area (Å²) in [4.78, 5) is 2.42. The molecule has 10 aromatic carbocycles. The van der Waals surface area contributed by atoms with Gasteiger partial charge in [0.1, 0.15) is 11.2 Å². The van der Waals surface area contributed by atoms with Crippen LogP contribution in [0.2, 0.25) is 0 Å². The Labute approximate surface area is 325 Å². The fraction of sp³-hybridized carbons (Fsp3) is 0. The van der Waals surface area contributed by atoms with Crippen LogP contribution in [0.25, 0.3) is 87.6 Å². The molecule has 0 aliphatic rings. The predicted molar refractivity (Wildman–Crippen MR) is 237 cm³/mol. The van der Waals surface area contributed by atoms with Gasteiger partial charge in [-0.25, -0.2) is 0 Å². The van der Waals surface area contributed by atoms with E-state index in [0.717, 1.165) is 55.7 Å². The molecule has 0 spiro atoms. The summed E-state index contributed by atoms with van der Waals surface area (Å²) in [5, 5.41) is 9.83. The van der Waals surface area contributed by atoms with Crippen LogP contribution in [0.3, 0.4) is 0 Å². The van der Waals surface area contributed by atoms with Crippen LogP contribution in [0.4, 0.5) is 17.1 Å². The second kappa shape index (κ2) is 13.2. The molecule has 0 fully saturated rings. The third-order valence-electron chi connectivity index (χ3n) is 11.2. The zero-order valence-electron chi connectivity index (χ0n) is 30.6. The number of anilines is 3. The van der Waals surface area contributed by atoms with Gasteiger partial charge >= 0.3 is 0 Å². The van der Waals surface area contributed by atoms with Gasteiger partial charge in [0.25, 0.3) is 0 Å². The molecule has 0 bridgehead atoms. The quantitative estimate of drug-likeness (QED) is 0.160. The molecule has 1 heterocycles. The Morgan fingerprint density at radius 1 is 0.268 bits per heavy atom. The van der Waals surface area contributed by atoms with E-state index in [1.165, 1.54) is 49.0 Å². The number of hydrogen-bond acceptors (Lipinski definition) is 2. The summed E-state index contributed by atoms with van der Waals surface area (Å²) in [7, 11) is 0. The summed E-state index contributed by atoms with van der Waals surface area (Å²) in [6, 6.07) is 76.6. The first kappa shape index (κ1) is 32.0. The molecule has 11 rings (SSSR count). The molecular weight excluding hydrogens is 679 g/mol. The van der Waals surface area contributed by atoms with Crippen LogP contribution in [0.5, 0.6) is 0 Å². The van der Waals surface area contributed by atoms with Gasteiger partial charge in [-0.1, -0.05) is 158 Å². The van der Waals surface area contributed by atoms with Crippen molar-refractivity contribution in [2.24, 2.45) is 0 Å². The molecule has 0 amide bonds. The van der Waals surface area contributed by atoms with E-state index in [0.29, 0.717) is 0 Å². The Morgan fingerprint density at radius 2 is 0.786 bits per heavy atom. The van der Waals surface area contributed by atoms with Gasteiger partial charge in [-0.3, -0.25) is 0 Å². The first-order valence-electron chi connectivity index (χ1n) is 19.2. The fourth-order valence-electron chi connectivity index (χ4n) is 8.58. The van der Waals surface area contributed by atoms with Crippen molar-refractivity contribution in [2.45, 2.75) is 0 Å². The smallest absolute Gasteiger partial charge is 0.135 e. The van der Waals surface area contributed by atoms with Gasteiger partial charge < -0.3 is 9.32 Å². The Kier molecular flexibility index (Phi) is 7.53. The minimum absolute atomic E-state index is 0.905. The van der Waals surface area contributed by atoms with Crippen LogP contribution in [0.15, 0.2) is 217 Å². The summed E-state index contributed by atoms with van der Waals surface area (Å²) in [6.07, 6.45) is 0. The average Bonchev–Trinajstić information content (AvgIpc) is 3.65. The van der Waals surface area contributed by atoms with E-state index < -0.39 is 0 Å². The standard InChI is InChI=1S/C54H35NO/c1-2-13-36(14-3-1)38-15-12-16-40(33-38)43-17-8-10-23-52(43)55(42-30-31-48-46-20-5-4-18-44(46)45-19-6-7-21-47(45)50(48)35-42)41-28-25-37(26-29-41)39-27-32-54-51(34-39)49-22-9-11-24-53(49)56-54/h1-35H. The minimum Gasteiger partial charge on any atom is -0.456 e. The highest BCUT2D eigenvalue weighted by atomic mass is 16.3. The number of hydrogen-bond donors (Lipinski definition) is 0. The lowest BCUT2D eigenvalue weighted by atomic mass is 9.93. The molecule has 2 heteroatoms. The van der Waals surface area contributed by atoms with Crippen molar-refractivity contribution in [2.75, 3.05) is 4.90 Å². The molecule has 11 aromatic rings. The Balaban J connectivity index is 1.10. The first-order chi connectivity index (χ1) is 27.8. The van der Waals surface area contributed by atoms with Crippen LogP contribution in [0.1, 0.15) is 0 Å². The second-order valence-electron chi connectivity index (χ2n) is 14.5. The van der Waals surface area contributed by atoms with Gasteiger partial charge in [0.15, 0.2) is 0 Å².